The van der Waals surface area contributed by atoms with Gasteiger partial charge in [0.25, 0.3) is 0 Å². The predicted octanol–water partition coefficient (Wildman–Crippen LogP) is 4.22. The SMILES string of the molecule is CC(N)(c1ccc(Cl)cc1)c1cccc(Cl)c1. The minimum atomic E-state index is -0.574. The molecular weight excluding hydrogens is 253 g/mol. The maximum Gasteiger partial charge on any atom is 0.0637 e. The topological polar surface area (TPSA) is 26.0 Å². The first kappa shape index (κ1) is 12.4. The van der Waals surface area contributed by atoms with Gasteiger partial charge in [0.05, 0.1) is 5.54 Å². The van der Waals surface area contributed by atoms with Gasteiger partial charge >= 0.3 is 0 Å². The molecule has 2 N–H and O–H groups in total. The minimum absolute atomic E-state index is 0.574. The van der Waals surface area contributed by atoms with Gasteiger partial charge in [0.15, 0.2) is 0 Å². The first-order valence-corrected chi connectivity index (χ1v) is 6.07. The maximum absolute atomic E-state index is 6.38. The Bertz CT molecular complexity index is 518. The molecule has 0 saturated heterocycles. The van der Waals surface area contributed by atoms with E-state index in [1.165, 1.54) is 0 Å². The van der Waals surface area contributed by atoms with Gasteiger partial charge in [-0.3, -0.25) is 0 Å². The third-order valence-corrected chi connectivity index (χ3v) is 3.36. The van der Waals surface area contributed by atoms with E-state index in [0.29, 0.717) is 10.0 Å². The number of nitrogens with two attached hydrogens (primary N) is 1. The quantitative estimate of drug-likeness (QED) is 0.865. The van der Waals surface area contributed by atoms with Crippen LogP contribution in [0.5, 0.6) is 0 Å². The fraction of sp³-hybridized carbons (Fsp3) is 0.143. The van der Waals surface area contributed by atoms with E-state index in [9.17, 15) is 0 Å². The van der Waals surface area contributed by atoms with Crippen LogP contribution < -0.4 is 5.73 Å². The standard InChI is InChI=1S/C14H13Cl2N/c1-14(17,10-5-7-12(15)8-6-10)11-3-2-4-13(16)9-11/h2-9H,17H2,1H3. The molecule has 1 atom stereocenters. The molecule has 0 aromatic heterocycles. The summed E-state index contributed by atoms with van der Waals surface area (Å²) in [6.07, 6.45) is 0. The van der Waals surface area contributed by atoms with Crippen molar-refractivity contribution in [1.29, 1.82) is 0 Å². The zero-order valence-corrected chi connectivity index (χ0v) is 11.0. The Morgan fingerprint density at radius 3 is 2.12 bits per heavy atom. The molecule has 1 nitrogen and oxygen atoms in total. The molecule has 2 rings (SSSR count). The van der Waals surface area contributed by atoms with Crippen LogP contribution >= 0.6 is 23.2 Å². The molecule has 0 aliphatic rings. The Labute approximate surface area is 111 Å². The number of hydrogen-bond acceptors (Lipinski definition) is 1. The summed E-state index contributed by atoms with van der Waals surface area (Å²) in [4.78, 5) is 0. The summed E-state index contributed by atoms with van der Waals surface area (Å²) in [7, 11) is 0. The van der Waals surface area contributed by atoms with E-state index in [2.05, 4.69) is 0 Å². The fourth-order valence-electron chi connectivity index (χ4n) is 1.77. The van der Waals surface area contributed by atoms with Gasteiger partial charge in [0.1, 0.15) is 0 Å². The molecule has 0 spiro atoms. The lowest BCUT2D eigenvalue weighted by Gasteiger charge is -2.26. The zero-order valence-electron chi connectivity index (χ0n) is 9.45. The predicted molar refractivity (Wildman–Crippen MR) is 73.5 cm³/mol. The van der Waals surface area contributed by atoms with Crippen LogP contribution in [0.4, 0.5) is 0 Å². The summed E-state index contributed by atoms with van der Waals surface area (Å²) >= 11 is 11.9. The summed E-state index contributed by atoms with van der Waals surface area (Å²) in [5.41, 5.74) is 7.79. The van der Waals surface area contributed by atoms with Crippen molar-refractivity contribution in [2.24, 2.45) is 5.73 Å². The molecule has 0 bridgehead atoms. The van der Waals surface area contributed by atoms with Gasteiger partial charge in [-0.05, 0) is 42.3 Å². The molecule has 88 valence electrons. The Balaban J connectivity index is 2.45. The average Bonchev–Trinajstić information content (AvgIpc) is 2.29. The van der Waals surface area contributed by atoms with Gasteiger partial charge < -0.3 is 5.73 Å². The lowest BCUT2D eigenvalue weighted by atomic mass is 9.86. The van der Waals surface area contributed by atoms with E-state index in [-0.39, 0.29) is 0 Å². The van der Waals surface area contributed by atoms with Crippen molar-refractivity contribution in [3.63, 3.8) is 0 Å². The van der Waals surface area contributed by atoms with Crippen LogP contribution in [0.2, 0.25) is 10.0 Å². The molecule has 3 heteroatoms. The Kier molecular flexibility index (Phi) is 3.43. The molecule has 0 aliphatic heterocycles. The van der Waals surface area contributed by atoms with E-state index in [0.717, 1.165) is 11.1 Å². The Morgan fingerprint density at radius 2 is 1.53 bits per heavy atom. The summed E-state index contributed by atoms with van der Waals surface area (Å²) in [6, 6.07) is 15.1. The van der Waals surface area contributed by atoms with E-state index < -0.39 is 5.54 Å². The molecule has 0 radical (unpaired) electrons. The number of rotatable bonds is 2. The van der Waals surface area contributed by atoms with Gasteiger partial charge in [-0.25, -0.2) is 0 Å². The number of benzene rings is 2. The van der Waals surface area contributed by atoms with Crippen molar-refractivity contribution in [3.05, 3.63) is 69.7 Å². The molecule has 0 heterocycles. The van der Waals surface area contributed by atoms with Crippen LogP contribution in [0.1, 0.15) is 18.1 Å². The molecule has 2 aromatic rings. The lowest BCUT2D eigenvalue weighted by molar-refractivity contribution is 0.603. The molecule has 0 aliphatic carbocycles. The first-order chi connectivity index (χ1) is 8.00. The summed E-state index contributed by atoms with van der Waals surface area (Å²) < 4.78 is 0. The van der Waals surface area contributed by atoms with Gasteiger partial charge in [-0.1, -0.05) is 47.5 Å². The van der Waals surface area contributed by atoms with Gasteiger partial charge in [0.2, 0.25) is 0 Å². The largest absolute Gasteiger partial charge is 0.318 e. The van der Waals surface area contributed by atoms with Crippen LogP contribution in [0.25, 0.3) is 0 Å². The number of halogens is 2. The molecule has 0 fully saturated rings. The molecule has 17 heavy (non-hydrogen) atoms. The highest BCUT2D eigenvalue weighted by Crippen LogP contribution is 2.28. The Hall–Kier alpha value is -1.02. The highest BCUT2D eigenvalue weighted by atomic mass is 35.5. The van der Waals surface area contributed by atoms with E-state index in [1.54, 1.807) is 0 Å². The van der Waals surface area contributed by atoms with Crippen molar-refractivity contribution < 1.29 is 0 Å². The van der Waals surface area contributed by atoms with Crippen molar-refractivity contribution >= 4 is 23.2 Å². The lowest BCUT2D eigenvalue weighted by Crippen LogP contribution is -2.34. The van der Waals surface area contributed by atoms with Crippen LogP contribution in [0, 0.1) is 0 Å². The van der Waals surface area contributed by atoms with Crippen LogP contribution in [-0.2, 0) is 5.54 Å². The molecule has 1 unspecified atom stereocenters. The molecule has 2 aromatic carbocycles. The third-order valence-electron chi connectivity index (χ3n) is 2.87. The first-order valence-electron chi connectivity index (χ1n) is 5.31. The average molecular weight is 266 g/mol. The summed E-state index contributed by atoms with van der Waals surface area (Å²) in [5, 5.41) is 1.39. The zero-order chi connectivity index (χ0) is 12.5. The van der Waals surface area contributed by atoms with Gasteiger partial charge in [0, 0.05) is 10.0 Å². The minimum Gasteiger partial charge on any atom is -0.318 e. The van der Waals surface area contributed by atoms with Crippen molar-refractivity contribution in [2.45, 2.75) is 12.5 Å². The second kappa shape index (κ2) is 4.69. The molecular formula is C14H13Cl2N. The van der Waals surface area contributed by atoms with Crippen LogP contribution in [0.15, 0.2) is 48.5 Å². The van der Waals surface area contributed by atoms with Crippen LogP contribution in [-0.4, -0.2) is 0 Å². The second-order valence-corrected chi connectivity index (χ2v) is 5.09. The highest BCUT2D eigenvalue weighted by Gasteiger charge is 2.23. The second-order valence-electron chi connectivity index (χ2n) is 4.22. The van der Waals surface area contributed by atoms with Crippen molar-refractivity contribution in [3.8, 4) is 0 Å². The Morgan fingerprint density at radius 1 is 0.882 bits per heavy atom. The van der Waals surface area contributed by atoms with Crippen LogP contribution in [0.3, 0.4) is 0 Å². The normalized spacial score (nSPS) is 14.4. The van der Waals surface area contributed by atoms with Crippen molar-refractivity contribution in [1.82, 2.24) is 0 Å². The number of hydrogen-bond donors (Lipinski definition) is 1. The van der Waals surface area contributed by atoms with Gasteiger partial charge in [-0.2, -0.15) is 0 Å². The third kappa shape index (κ3) is 2.63. The van der Waals surface area contributed by atoms with Gasteiger partial charge in [-0.15, -0.1) is 0 Å². The highest BCUT2D eigenvalue weighted by molar-refractivity contribution is 6.30. The summed E-state index contributed by atoms with van der Waals surface area (Å²) in [6.45, 7) is 1.96. The monoisotopic (exact) mass is 265 g/mol. The smallest absolute Gasteiger partial charge is 0.0637 e. The molecule has 0 amide bonds. The maximum atomic E-state index is 6.38. The van der Waals surface area contributed by atoms with Crippen molar-refractivity contribution in [2.75, 3.05) is 0 Å². The summed E-state index contributed by atoms with van der Waals surface area (Å²) in [5.74, 6) is 0. The van der Waals surface area contributed by atoms with E-state index in [4.69, 9.17) is 28.9 Å². The fourth-order valence-corrected chi connectivity index (χ4v) is 2.09. The van der Waals surface area contributed by atoms with E-state index >= 15 is 0 Å². The molecule has 0 saturated carbocycles. The van der Waals surface area contributed by atoms with E-state index in [1.807, 2.05) is 55.5 Å².